The number of nitrogens with two attached hydrogens (primary N) is 1. The Morgan fingerprint density at radius 2 is 2.20 bits per heavy atom. The van der Waals surface area contributed by atoms with Crippen LogP contribution in [0, 0.1) is 5.41 Å². The lowest BCUT2D eigenvalue weighted by molar-refractivity contribution is 0.203. The van der Waals surface area contributed by atoms with Crippen molar-refractivity contribution in [2.75, 3.05) is 24.5 Å². The lowest BCUT2D eigenvalue weighted by Crippen LogP contribution is -2.55. The Morgan fingerprint density at radius 1 is 1.40 bits per heavy atom. The standard InChI is InChI=1S/C15H21BrN4/c1-10-8-19-7-3-4-11(19)9-20(10)13-6-2-5-12(16)14(13)15(17)18/h2,5-6,10-11H,3-4,7-9H2,1H3,(H3,17,18). The first-order valence-electron chi connectivity index (χ1n) is 7.21. The summed E-state index contributed by atoms with van der Waals surface area (Å²) in [6, 6.07) is 7.18. The molecule has 0 amide bonds. The van der Waals surface area contributed by atoms with Gasteiger partial charge in [0.15, 0.2) is 0 Å². The van der Waals surface area contributed by atoms with Gasteiger partial charge in [0.1, 0.15) is 5.84 Å². The van der Waals surface area contributed by atoms with E-state index in [1.54, 1.807) is 0 Å². The van der Waals surface area contributed by atoms with Crippen LogP contribution >= 0.6 is 15.9 Å². The number of nitrogen functional groups attached to an aromatic ring is 1. The van der Waals surface area contributed by atoms with E-state index in [-0.39, 0.29) is 5.84 Å². The van der Waals surface area contributed by atoms with E-state index in [0.717, 1.165) is 28.8 Å². The Bertz CT molecular complexity index is 531. The third-order valence-corrected chi connectivity index (χ3v) is 5.17. The highest BCUT2D eigenvalue weighted by Crippen LogP contribution is 2.33. The van der Waals surface area contributed by atoms with Gasteiger partial charge in [0.05, 0.1) is 5.56 Å². The predicted octanol–water partition coefficient (Wildman–Crippen LogP) is 2.41. The smallest absolute Gasteiger partial charge is 0.126 e. The van der Waals surface area contributed by atoms with Crippen molar-refractivity contribution in [2.45, 2.75) is 31.8 Å². The van der Waals surface area contributed by atoms with E-state index >= 15 is 0 Å². The SMILES string of the molecule is CC1CN2CCCC2CN1c1cccc(Br)c1C(=N)N. The summed E-state index contributed by atoms with van der Waals surface area (Å²) in [6.45, 7) is 5.65. The monoisotopic (exact) mass is 336 g/mol. The molecule has 2 aliphatic heterocycles. The summed E-state index contributed by atoms with van der Waals surface area (Å²) in [7, 11) is 0. The second-order valence-electron chi connectivity index (χ2n) is 5.84. The minimum atomic E-state index is 0.133. The van der Waals surface area contributed by atoms with Gasteiger partial charge in [-0.15, -0.1) is 0 Å². The number of amidine groups is 1. The minimum absolute atomic E-state index is 0.133. The fraction of sp³-hybridized carbons (Fsp3) is 0.533. The average molecular weight is 337 g/mol. The molecule has 2 saturated heterocycles. The fourth-order valence-electron chi connectivity index (χ4n) is 3.54. The molecule has 3 N–H and O–H groups in total. The van der Waals surface area contributed by atoms with Crippen molar-refractivity contribution in [3.05, 3.63) is 28.2 Å². The summed E-state index contributed by atoms with van der Waals surface area (Å²) < 4.78 is 0.906. The molecule has 1 aromatic carbocycles. The van der Waals surface area contributed by atoms with Crippen molar-refractivity contribution in [1.29, 1.82) is 5.41 Å². The van der Waals surface area contributed by atoms with Crippen LogP contribution in [0.15, 0.2) is 22.7 Å². The molecule has 0 radical (unpaired) electrons. The van der Waals surface area contributed by atoms with Crippen LogP contribution in [0.2, 0.25) is 0 Å². The van der Waals surface area contributed by atoms with Crippen LogP contribution in [0.5, 0.6) is 0 Å². The summed E-state index contributed by atoms with van der Waals surface area (Å²) in [6.07, 6.45) is 2.59. The average Bonchev–Trinajstić information content (AvgIpc) is 2.84. The van der Waals surface area contributed by atoms with Gasteiger partial charge in [-0.2, -0.15) is 0 Å². The second-order valence-corrected chi connectivity index (χ2v) is 6.69. The van der Waals surface area contributed by atoms with E-state index in [1.165, 1.54) is 19.4 Å². The maximum absolute atomic E-state index is 7.86. The van der Waals surface area contributed by atoms with Crippen molar-refractivity contribution >= 4 is 27.5 Å². The van der Waals surface area contributed by atoms with Gasteiger partial charge in [0.2, 0.25) is 0 Å². The molecular formula is C15H21BrN4. The zero-order valence-electron chi connectivity index (χ0n) is 11.8. The largest absolute Gasteiger partial charge is 0.384 e. The van der Waals surface area contributed by atoms with E-state index in [2.05, 4.69) is 38.7 Å². The topological polar surface area (TPSA) is 56.4 Å². The molecule has 3 rings (SSSR count). The predicted molar refractivity (Wildman–Crippen MR) is 86.6 cm³/mol. The highest BCUT2D eigenvalue weighted by molar-refractivity contribution is 9.10. The lowest BCUT2D eigenvalue weighted by atomic mass is 10.0. The van der Waals surface area contributed by atoms with Crippen LogP contribution in [0.25, 0.3) is 0 Å². The van der Waals surface area contributed by atoms with Gasteiger partial charge in [-0.05, 0) is 54.4 Å². The molecule has 2 atom stereocenters. The van der Waals surface area contributed by atoms with Crippen molar-refractivity contribution in [1.82, 2.24) is 4.90 Å². The molecule has 2 heterocycles. The van der Waals surface area contributed by atoms with Gasteiger partial charge in [-0.3, -0.25) is 10.3 Å². The molecule has 2 fully saturated rings. The maximum Gasteiger partial charge on any atom is 0.126 e. The summed E-state index contributed by atoms with van der Waals surface area (Å²) in [5.41, 5.74) is 7.70. The number of rotatable bonds is 2. The molecule has 0 aromatic heterocycles. The number of halogens is 1. The van der Waals surface area contributed by atoms with E-state index in [1.807, 2.05) is 12.1 Å². The third-order valence-electron chi connectivity index (χ3n) is 4.51. The maximum atomic E-state index is 7.86. The van der Waals surface area contributed by atoms with E-state index in [4.69, 9.17) is 11.1 Å². The van der Waals surface area contributed by atoms with Crippen LogP contribution in [0.1, 0.15) is 25.3 Å². The molecule has 0 spiro atoms. The molecular weight excluding hydrogens is 316 g/mol. The zero-order chi connectivity index (χ0) is 14.3. The molecule has 108 valence electrons. The number of anilines is 1. The Morgan fingerprint density at radius 3 is 2.95 bits per heavy atom. The first-order valence-corrected chi connectivity index (χ1v) is 8.01. The molecule has 2 unspecified atom stereocenters. The highest BCUT2D eigenvalue weighted by atomic mass is 79.9. The molecule has 0 saturated carbocycles. The van der Waals surface area contributed by atoms with Gasteiger partial charge >= 0.3 is 0 Å². The molecule has 2 aliphatic rings. The minimum Gasteiger partial charge on any atom is -0.384 e. The first-order chi connectivity index (χ1) is 9.58. The van der Waals surface area contributed by atoms with Gasteiger partial charge in [-0.25, -0.2) is 0 Å². The summed E-state index contributed by atoms with van der Waals surface area (Å²) in [4.78, 5) is 5.03. The van der Waals surface area contributed by atoms with E-state index in [0.29, 0.717) is 12.1 Å². The summed E-state index contributed by atoms with van der Waals surface area (Å²) in [5.74, 6) is 0.133. The summed E-state index contributed by atoms with van der Waals surface area (Å²) >= 11 is 3.53. The van der Waals surface area contributed by atoms with Crippen molar-refractivity contribution in [3.8, 4) is 0 Å². The van der Waals surface area contributed by atoms with Crippen molar-refractivity contribution < 1.29 is 0 Å². The van der Waals surface area contributed by atoms with Crippen LogP contribution in [0.3, 0.4) is 0 Å². The number of hydrogen-bond donors (Lipinski definition) is 2. The van der Waals surface area contributed by atoms with Gasteiger partial charge in [-0.1, -0.05) is 6.07 Å². The first kappa shape index (κ1) is 13.9. The quantitative estimate of drug-likeness (QED) is 0.644. The van der Waals surface area contributed by atoms with E-state index < -0.39 is 0 Å². The molecule has 0 bridgehead atoms. The van der Waals surface area contributed by atoms with Crippen LogP contribution in [-0.4, -0.2) is 42.5 Å². The number of nitrogens with zero attached hydrogens (tertiary/aromatic N) is 2. The zero-order valence-corrected chi connectivity index (χ0v) is 13.4. The molecule has 0 aliphatic carbocycles. The van der Waals surface area contributed by atoms with Crippen molar-refractivity contribution in [3.63, 3.8) is 0 Å². The molecule has 4 nitrogen and oxygen atoms in total. The van der Waals surface area contributed by atoms with Gasteiger partial charge < -0.3 is 10.6 Å². The van der Waals surface area contributed by atoms with Gasteiger partial charge in [0.25, 0.3) is 0 Å². The Labute approximate surface area is 128 Å². The van der Waals surface area contributed by atoms with Crippen LogP contribution < -0.4 is 10.6 Å². The fourth-order valence-corrected chi connectivity index (χ4v) is 4.11. The number of hydrogen-bond acceptors (Lipinski definition) is 3. The molecule has 1 aromatic rings. The van der Waals surface area contributed by atoms with Crippen LogP contribution in [0.4, 0.5) is 5.69 Å². The second kappa shape index (κ2) is 5.37. The van der Waals surface area contributed by atoms with Crippen molar-refractivity contribution in [2.24, 2.45) is 5.73 Å². The normalized spacial score (nSPS) is 26.6. The molecule has 5 heteroatoms. The number of benzene rings is 1. The van der Waals surface area contributed by atoms with Gasteiger partial charge in [0, 0.05) is 35.3 Å². The highest BCUT2D eigenvalue weighted by Gasteiger charge is 2.35. The Balaban J connectivity index is 1.96. The van der Waals surface area contributed by atoms with Crippen LogP contribution in [-0.2, 0) is 0 Å². The lowest BCUT2D eigenvalue weighted by Gasteiger charge is -2.44. The Kier molecular flexibility index (Phi) is 3.73. The third kappa shape index (κ3) is 2.33. The number of nitrogens with one attached hydrogen (secondary N) is 1. The molecule has 20 heavy (non-hydrogen) atoms. The number of piperazine rings is 1. The number of fused-ring (bicyclic) bond motifs is 1. The Hall–Kier alpha value is -1.07. The summed E-state index contributed by atoms with van der Waals surface area (Å²) in [5, 5.41) is 7.86. The van der Waals surface area contributed by atoms with E-state index in [9.17, 15) is 0 Å².